The first-order valence-electron chi connectivity index (χ1n) is 12.6. The van der Waals surface area contributed by atoms with Crippen LogP contribution in [-0.2, 0) is 16.0 Å². The Morgan fingerprint density at radius 3 is 2.61 bits per heavy atom. The second-order valence-corrected chi connectivity index (χ2v) is 10.9. The number of fused-ring (bicyclic) bond motifs is 3. The summed E-state index contributed by atoms with van der Waals surface area (Å²) < 4.78 is 5.59. The Bertz CT molecular complexity index is 1310. The Hall–Kier alpha value is -3.79. The molecule has 1 saturated heterocycles. The van der Waals surface area contributed by atoms with Crippen molar-refractivity contribution in [2.24, 2.45) is 5.92 Å². The minimum atomic E-state index is -0.682. The van der Waals surface area contributed by atoms with E-state index in [1.165, 1.54) is 5.39 Å². The summed E-state index contributed by atoms with van der Waals surface area (Å²) in [6, 6.07) is 17.4. The third-order valence-electron chi connectivity index (χ3n) is 7.21. The molecule has 1 saturated carbocycles. The van der Waals surface area contributed by atoms with Crippen LogP contribution in [0.15, 0.2) is 54.7 Å². The maximum atomic E-state index is 13.3. The number of nitrogens with zero attached hydrogens (tertiary/aromatic N) is 2. The molecule has 0 spiro atoms. The van der Waals surface area contributed by atoms with Crippen LogP contribution in [-0.4, -0.2) is 45.6 Å². The van der Waals surface area contributed by atoms with Crippen LogP contribution in [0.1, 0.15) is 45.6 Å². The van der Waals surface area contributed by atoms with Crippen molar-refractivity contribution in [3.8, 4) is 17.2 Å². The van der Waals surface area contributed by atoms with Gasteiger partial charge in [0.1, 0.15) is 17.7 Å². The Kier molecular flexibility index (Phi) is 6.21. The standard InChI is InChI=1S/C29H32N4O3/c1-29(2,3)36-28(35)33-24-11-10-22(15-24)26(33)27(34)32-23(17-30)14-18-4-6-19(7-5-18)21-9-8-20-12-13-31-25(20)16-21/h4-9,12-13,16,22-24,26,31H,10-11,14-15H2,1-3H3,(H,32,34)/t22-,23-,24+,26-/m0/s1. The van der Waals surface area contributed by atoms with E-state index < -0.39 is 23.8 Å². The molecule has 1 aliphatic heterocycles. The molecular weight excluding hydrogens is 452 g/mol. The SMILES string of the molecule is CC(C)(C)OC(=O)N1[C@@H]2CC[C@@H](C2)[C@H]1C(=O)N[C@H](C#N)Cc1ccc(-c2ccc3cc[nH]c3c2)cc1. The molecule has 4 atom stereocenters. The van der Waals surface area contributed by atoms with E-state index in [1.54, 1.807) is 4.90 Å². The molecule has 1 aliphatic carbocycles. The van der Waals surface area contributed by atoms with E-state index >= 15 is 0 Å². The molecule has 0 unspecified atom stereocenters. The number of H-pyrrole nitrogens is 1. The number of nitrogens with one attached hydrogen (secondary N) is 2. The first-order valence-corrected chi connectivity index (χ1v) is 12.6. The molecule has 2 amide bonds. The monoisotopic (exact) mass is 484 g/mol. The Morgan fingerprint density at radius 2 is 1.89 bits per heavy atom. The summed E-state index contributed by atoms with van der Waals surface area (Å²) in [5, 5.41) is 13.8. The number of piperidine rings is 1. The number of amides is 2. The first-order chi connectivity index (χ1) is 17.2. The number of hydrogen-bond acceptors (Lipinski definition) is 4. The molecule has 5 rings (SSSR count). The molecule has 2 aliphatic rings. The van der Waals surface area contributed by atoms with E-state index in [0.717, 1.165) is 41.5 Å². The number of benzene rings is 2. The van der Waals surface area contributed by atoms with Crippen molar-refractivity contribution < 1.29 is 14.3 Å². The lowest BCUT2D eigenvalue weighted by Crippen LogP contribution is -2.55. The third kappa shape index (κ3) is 4.81. The molecule has 186 valence electrons. The fraction of sp³-hybridized carbons (Fsp3) is 0.414. The van der Waals surface area contributed by atoms with Crippen molar-refractivity contribution in [3.05, 3.63) is 60.3 Å². The van der Waals surface area contributed by atoms with Crippen LogP contribution in [0.2, 0.25) is 0 Å². The zero-order chi connectivity index (χ0) is 25.4. The minimum Gasteiger partial charge on any atom is -0.444 e. The average molecular weight is 485 g/mol. The summed E-state index contributed by atoms with van der Waals surface area (Å²) in [5.74, 6) is -0.159. The molecule has 2 fully saturated rings. The molecule has 7 nitrogen and oxygen atoms in total. The van der Waals surface area contributed by atoms with E-state index in [1.807, 2.05) is 57.3 Å². The summed E-state index contributed by atoms with van der Waals surface area (Å²) in [6.07, 6.45) is 4.48. The topological polar surface area (TPSA) is 98.2 Å². The molecule has 36 heavy (non-hydrogen) atoms. The maximum absolute atomic E-state index is 13.3. The predicted molar refractivity (Wildman–Crippen MR) is 138 cm³/mol. The lowest BCUT2D eigenvalue weighted by Gasteiger charge is -2.35. The molecule has 2 bridgehead atoms. The number of ether oxygens (including phenoxy) is 1. The van der Waals surface area contributed by atoms with Gasteiger partial charge in [0.2, 0.25) is 5.91 Å². The summed E-state index contributed by atoms with van der Waals surface area (Å²) in [7, 11) is 0. The molecule has 3 aromatic rings. The molecule has 2 aromatic carbocycles. The lowest BCUT2D eigenvalue weighted by molar-refractivity contribution is -0.128. The second-order valence-electron chi connectivity index (χ2n) is 10.9. The quantitative estimate of drug-likeness (QED) is 0.522. The van der Waals surface area contributed by atoms with Crippen LogP contribution in [0.5, 0.6) is 0 Å². The smallest absolute Gasteiger partial charge is 0.411 e. The largest absolute Gasteiger partial charge is 0.444 e. The lowest BCUT2D eigenvalue weighted by atomic mass is 9.97. The molecule has 2 heterocycles. The first kappa shape index (κ1) is 23.9. The zero-order valence-electron chi connectivity index (χ0n) is 21.0. The third-order valence-corrected chi connectivity index (χ3v) is 7.21. The Morgan fingerprint density at radius 1 is 1.14 bits per heavy atom. The average Bonchev–Trinajstić information content (AvgIpc) is 3.58. The normalized spacial score (nSPS) is 21.8. The van der Waals surface area contributed by atoms with Crippen molar-refractivity contribution in [2.75, 3.05) is 0 Å². The number of carbonyl (C=O) groups excluding carboxylic acids is 2. The fourth-order valence-electron chi connectivity index (χ4n) is 5.59. The highest BCUT2D eigenvalue weighted by Gasteiger charge is 2.52. The van der Waals surface area contributed by atoms with Gasteiger partial charge >= 0.3 is 6.09 Å². The van der Waals surface area contributed by atoms with Gasteiger partial charge < -0.3 is 15.0 Å². The highest BCUT2D eigenvalue weighted by Crippen LogP contribution is 2.43. The van der Waals surface area contributed by atoms with Gasteiger partial charge in [0, 0.05) is 24.2 Å². The number of rotatable bonds is 5. The molecule has 1 aromatic heterocycles. The van der Waals surface area contributed by atoms with Gasteiger partial charge in [-0.2, -0.15) is 5.26 Å². The zero-order valence-corrected chi connectivity index (χ0v) is 21.0. The van der Waals surface area contributed by atoms with Crippen LogP contribution in [0.25, 0.3) is 22.0 Å². The number of hydrogen-bond donors (Lipinski definition) is 2. The number of nitriles is 1. The van der Waals surface area contributed by atoms with Crippen LogP contribution in [0.3, 0.4) is 0 Å². The number of likely N-dealkylation sites (tertiary alicyclic amines) is 1. The van der Waals surface area contributed by atoms with Crippen LogP contribution in [0, 0.1) is 17.2 Å². The number of carbonyl (C=O) groups is 2. The predicted octanol–water partition coefficient (Wildman–Crippen LogP) is 5.17. The van der Waals surface area contributed by atoms with Gasteiger partial charge in [0.15, 0.2) is 0 Å². The minimum absolute atomic E-state index is 0.0267. The second kappa shape index (κ2) is 9.34. The highest BCUT2D eigenvalue weighted by atomic mass is 16.6. The summed E-state index contributed by atoms with van der Waals surface area (Å²) >= 11 is 0. The van der Waals surface area contributed by atoms with E-state index in [0.29, 0.717) is 6.42 Å². The molecule has 7 heteroatoms. The number of aromatic amines is 1. The van der Waals surface area contributed by atoms with Gasteiger partial charge in [0.05, 0.1) is 6.07 Å². The molecular formula is C29H32N4O3. The van der Waals surface area contributed by atoms with Crippen molar-refractivity contribution in [2.45, 2.75) is 70.2 Å². The van der Waals surface area contributed by atoms with E-state index in [9.17, 15) is 14.9 Å². The Labute approximate surface area is 211 Å². The summed E-state index contributed by atoms with van der Waals surface area (Å²) in [6.45, 7) is 5.47. The van der Waals surface area contributed by atoms with Crippen LogP contribution >= 0.6 is 0 Å². The van der Waals surface area contributed by atoms with Crippen molar-refractivity contribution in [1.82, 2.24) is 15.2 Å². The van der Waals surface area contributed by atoms with Crippen molar-refractivity contribution in [3.63, 3.8) is 0 Å². The van der Waals surface area contributed by atoms with Crippen LogP contribution < -0.4 is 5.32 Å². The maximum Gasteiger partial charge on any atom is 0.411 e. The fourth-order valence-corrected chi connectivity index (χ4v) is 5.59. The van der Waals surface area contributed by atoms with E-state index in [4.69, 9.17) is 4.74 Å². The highest BCUT2D eigenvalue weighted by molar-refractivity contribution is 5.88. The van der Waals surface area contributed by atoms with E-state index in [2.05, 4.69) is 34.6 Å². The van der Waals surface area contributed by atoms with Gasteiger partial charge in [-0.25, -0.2) is 4.79 Å². The van der Waals surface area contributed by atoms with Gasteiger partial charge in [-0.15, -0.1) is 0 Å². The molecule has 0 radical (unpaired) electrons. The van der Waals surface area contributed by atoms with Gasteiger partial charge in [-0.05, 0) is 80.2 Å². The van der Waals surface area contributed by atoms with Crippen LogP contribution in [0.4, 0.5) is 4.79 Å². The van der Waals surface area contributed by atoms with Crippen molar-refractivity contribution in [1.29, 1.82) is 5.26 Å². The molecule has 2 N–H and O–H groups in total. The summed E-state index contributed by atoms with van der Waals surface area (Å²) in [4.78, 5) is 31.0. The van der Waals surface area contributed by atoms with Gasteiger partial charge in [-0.1, -0.05) is 36.4 Å². The van der Waals surface area contributed by atoms with Crippen molar-refractivity contribution >= 4 is 22.9 Å². The summed E-state index contributed by atoms with van der Waals surface area (Å²) in [5.41, 5.74) is 3.62. The van der Waals surface area contributed by atoms with Gasteiger partial charge in [-0.3, -0.25) is 9.69 Å². The number of aromatic nitrogens is 1. The Balaban J connectivity index is 1.25. The van der Waals surface area contributed by atoms with E-state index in [-0.39, 0.29) is 17.9 Å². The van der Waals surface area contributed by atoms with Gasteiger partial charge in [0.25, 0.3) is 0 Å².